The summed E-state index contributed by atoms with van der Waals surface area (Å²) in [7, 11) is -4.64. The summed E-state index contributed by atoms with van der Waals surface area (Å²) in [6.07, 6.45) is 4.75. The number of halogens is 1. The Balaban J connectivity index is 1.37. The summed E-state index contributed by atoms with van der Waals surface area (Å²) in [5, 5.41) is 11.4. The van der Waals surface area contributed by atoms with Gasteiger partial charge in [-0.2, -0.15) is 0 Å². The van der Waals surface area contributed by atoms with E-state index in [1.165, 1.54) is 12.1 Å². The molecule has 0 bridgehead atoms. The fraction of sp³-hybridized carbons (Fsp3) is 0.350. The minimum Gasteiger partial charge on any atom is -0.535 e. The van der Waals surface area contributed by atoms with Crippen LogP contribution in [0, 0.1) is 11.7 Å². The Hall–Kier alpha value is -2.43. The Morgan fingerprint density at radius 2 is 2.00 bits per heavy atom. The van der Waals surface area contributed by atoms with E-state index in [-0.39, 0.29) is 28.6 Å². The van der Waals surface area contributed by atoms with Crippen molar-refractivity contribution >= 4 is 28.2 Å². The van der Waals surface area contributed by atoms with Crippen LogP contribution in [0.2, 0.25) is 5.82 Å². The highest BCUT2D eigenvalue weighted by Crippen LogP contribution is 2.53. The fourth-order valence-electron chi connectivity index (χ4n) is 4.74. The Morgan fingerprint density at radius 3 is 2.73 bits per heavy atom. The predicted octanol–water partition coefficient (Wildman–Crippen LogP) is 2.81. The lowest BCUT2D eigenvalue weighted by Gasteiger charge is -2.45. The first kappa shape index (κ1) is 19.5. The maximum absolute atomic E-state index is 13.1. The van der Waals surface area contributed by atoms with Crippen LogP contribution < -0.4 is 9.38 Å². The molecule has 1 aliphatic carbocycles. The first-order valence-corrected chi connectivity index (χ1v) is 11.4. The summed E-state index contributed by atoms with van der Waals surface area (Å²) in [5.41, 5.74) is 1.78. The summed E-state index contributed by atoms with van der Waals surface area (Å²) in [6.45, 7) is 1.95. The molecular weight excluding hydrogens is 408 g/mol. The number of nitrogens with zero attached hydrogens (tertiary/aromatic N) is 1. The molecule has 1 aliphatic heterocycles. The quantitative estimate of drug-likeness (QED) is 0.554. The second-order valence-electron chi connectivity index (χ2n) is 8.17. The number of pyridine rings is 1. The SMILES string of the molecule is CC1B(O)Oc2cnc3[nH]ccc3c2C1[C@H]1C[C@H](NS(=O)(=O)c2ccc(F)cc2)C1. The van der Waals surface area contributed by atoms with E-state index in [2.05, 4.69) is 14.7 Å². The molecule has 0 spiro atoms. The summed E-state index contributed by atoms with van der Waals surface area (Å²) >= 11 is 0. The molecule has 1 aromatic carbocycles. The third-order valence-corrected chi connectivity index (χ3v) is 7.85. The molecule has 0 radical (unpaired) electrons. The van der Waals surface area contributed by atoms with Gasteiger partial charge in [0.25, 0.3) is 0 Å². The fourth-order valence-corrected chi connectivity index (χ4v) is 6.00. The van der Waals surface area contributed by atoms with E-state index in [0.717, 1.165) is 28.7 Å². The number of benzene rings is 1. The zero-order valence-corrected chi connectivity index (χ0v) is 17.1. The zero-order valence-electron chi connectivity index (χ0n) is 16.2. The van der Waals surface area contributed by atoms with Gasteiger partial charge in [-0.15, -0.1) is 0 Å². The van der Waals surface area contributed by atoms with Gasteiger partial charge in [0, 0.05) is 29.0 Å². The monoisotopic (exact) mass is 429 g/mol. The molecular formula is C20H21BFN3O4S. The molecule has 3 N–H and O–H groups in total. The Labute approximate surface area is 173 Å². The lowest BCUT2D eigenvalue weighted by Crippen LogP contribution is -2.48. The molecule has 2 aliphatic rings. The van der Waals surface area contributed by atoms with Crippen LogP contribution in [-0.4, -0.2) is 36.6 Å². The summed E-state index contributed by atoms with van der Waals surface area (Å²) in [4.78, 5) is 7.50. The normalized spacial score (nSPS) is 26.2. The summed E-state index contributed by atoms with van der Waals surface area (Å²) in [5.74, 6) is 0.176. The maximum atomic E-state index is 13.1. The van der Waals surface area contributed by atoms with Crippen molar-refractivity contribution in [3.8, 4) is 5.75 Å². The molecule has 2 atom stereocenters. The molecule has 5 rings (SSSR count). The molecule has 3 heterocycles. The van der Waals surface area contributed by atoms with E-state index >= 15 is 0 Å². The van der Waals surface area contributed by atoms with Crippen molar-refractivity contribution in [1.29, 1.82) is 0 Å². The van der Waals surface area contributed by atoms with Gasteiger partial charge >= 0.3 is 7.12 Å². The van der Waals surface area contributed by atoms with E-state index < -0.39 is 23.0 Å². The molecule has 0 saturated heterocycles. The van der Waals surface area contributed by atoms with Gasteiger partial charge in [0.1, 0.15) is 17.2 Å². The minimum absolute atomic E-state index is 0.0247. The average Bonchev–Trinajstić information content (AvgIpc) is 3.15. The Bertz CT molecular complexity index is 1190. The molecule has 156 valence electrons. The third-order valence-electron chi connectivity index (χ3n) is 6.32. The summed E-state index contributed by atoms with van der Waals surface area (Å²) < 4.78 is 46.7. The van der Waals surface area contributed by atoms with E-state index in [1.54, 1.807) is 6.20 Å². The van der Waals surface area contributed by atoms with Crippen molar-refractivity contribution < 1.29 is 22.5 Å². The van der Waals surface area contributed by atoms with Gasteiger partial charge in [0.05, 0.1) is 11.1 Å². The molecule has 30 heavy (non-hydrogen) atoms. The van der Waals surface area contributed by atoms with Crippen LogP contribution in [-0.2, 0) is 10.0 Å². The van der Waals surface area contributed by atoms with Crippen LogP contribution in [0.3, 0.4) is 0 Å². The lowest BCUT2D eigenvalue weighted by atomic mass is 9.54. The van der Waals surface area contributed by atoms with Gasteiger partial charge < -0.3 is 14.7 Å². The Morgan fingerprint density at radius 1 is 1.27 bits per heavy atom. The van der Waals surface area contributed by atoms with Crippen LogP contribution in [0.25, 0.3) is 11.0 Å². The first-order chi connectivity index (χ1) is 14.3. The molecule has 7 nitrogen and oxygen atoms in total. The second-order valence-corrected chi connectivity index (χ2v) is 9.89. The third kappa shape index (κ3) is 3.19. The first-order valence-electron chi connectivity index (χ1n) is 9.92. The van der Waals surface area contributed by atoms with Gasteiger partial charge in [-0.25, -0.2) is 22.5 Å². The van der Waals surface area contributed by atoms with E-state index in [0.29, 0.717) is 18.6 Å². The van der Waals surface area contributed by atoms with Gasteiger partial charge in [-0.3, -0.25) is 0 Å². The maximum Gasteiger partial charge on any atom is 0.526 e. The van der Waals surface area contributed by atoms with Gasteiger partial charge in [0.15, 0.2) is 0 Å². The number of nitrogens with one attached hydrogen (secondary N) is 2. The molecule has 10 heteroatoms. The van der Waals surface area contributed by atoms with Crippen molar-refractivity contribution in [1.82, 2.24) is 14.7 Å². The number of aromatic nitrogens is 2. The van der Waals surface area contributed by atoms with E-state index in [1.807, 2.05) is 19.2 Å². The standard InChI is InChI=1S/C20H21BFN3O4S/c1-11-18(19-16-6-7-23-20(16)24-10-17(19)29-21(11)26)12-8-14(9-12)25-30(27,28)15-4-2-13(22)3-5-15/h2-7,10-12,14,18,25-26H,8-9H2,1H3,(H,23,24)/t11?,12-,14-,18?. The highest BCUT2D eigenvalue weighted by molar-refractivity contribution is 7.89. The van der Waals surface area contributed by atoms with E-state index in [4.69, 9.17) is 4.65 Å². The van der Waals surface area contributed by atoms with Crippen molar-refractivity contribution in [2.75, 3.05) is 0 Å². The van der Waals surface area contributed by atoms with Crippen molar-refractivity contribution in [2.45, 2.75) is 42.4 Å². The highest BCUT2D eigenvalue weighted by Gasteiger charge is 2.48. The van der Waals surface area contributed by atoms with Gasteiger partial charge in [-0.05, 0) is 55.0 Å². The number of sulfonamides is 1. The number of hydrogen-bond donors (Lipinski definition) is 3. The van der Waals surface area contributed by atoms with Crippen LogP contribution in [0.4, 0.5) is 4.39 Å². The number of hydrogen-bond acceptors (Lipinski definition) is 5. The van der Waals surface area contributed by atoms with Gasteiger partial charge in [0.2, 0.25) is 10.0 Å². The average molecular weight is 429 g/mol. The molecule has 2 aromatic heterocycles. The van der Waals surface area contributed by atoms with Crippen molar-refractivity contribution in [3.05, 3.63) is 54.1 Å². The van der Waals surface area contributed by atoms with Gasteiger partial charge in [-0.1, -0.05) is 6.92 Å². The largest absolute Gasteiger partial charge is 0.535 e. The molecule has 0 amide bonds. The van der Waals surface area contributed by atoms with Crippen LogP contribution in [0.15, 0.2) is 47.6 Å². The van der Waals surface area contributed by atoms with Crippen LogP contribution >= 0.6 is 0 Å². The lowest BCUT2D eigenvalue weighted by molar-refractivity contribution is 0.187. The topological polar surface area (TPSA) is 104 Å². The van der Waals surface area contributed by atoms with Crippen LogP contribution in [0.5, 0.6) is 5.75 Å². The minimum atomic E-state index is -3.71. The predicted molar refractivity (Wildman–Crippen MR) is 110 cm³/mol. The summed E-state index contributed by atoms with van der Waals surface area (Å²) in [6, 6.07) is 6.54. The number of H-pyrrole nitrogens is 1. The van der Waals surface area contributed by atoms with Crippen LogP contribution in [0.1, 0.15) is 31.2 Å². The zero-order chi connectivity index (χ0) is 21.0. The number of fused-ring (bicyclic) bond motifs is 3. The molecule has 2 unspecified atom stereocenters. The molecule has 1 fully saturated rings. The second kappa shape index (κ2) is 7.07. The van der Waals surface area contributed by atoms with Crippen molar-refractivity contribution in [2.24, 2.45) is 5.92 Å². The smallest absolute Gasteiger partial charge is 0.526 e. The Kier molecular flexibility index (Phi) is 4.61. The number of aromatic amines is 1. The number of rotatable bonds is 4. The highest BCUT2D eigenvalue weighted by atomic mass is 32.2. The molecule has 3 aromatic rings. The molecule has 1 saturated carbocycles. The van der Waals surface area contributed by atoms with E-state index in [9.17, 15) is 17.8 Å². The van der Waals surface area contributed by atoms with Crippen molar-refractivity contribution in [3.63, 3.8) is 0 Å².